The summed E-state index contributed by atoms with van der Waals surface area (Å²) in [4.78, 5) is 11.4. The highest BCUT2D eigenvalue weighted by Crippen LogP contribution is 2.19. The maximum atomic E-state index is 11.4. The fraction of sp³-hybridized carbons (Fsp3) is 0.188. The highest BCUT2D eigenvalue weighted by Gasteiger charge is 2.05. The molecule has 0 bridgehead atoms. The Kier molecular flexibility index (Phi) is 4.31. The summed E-state index contributed by atoms with van der Waals surface area (Å²) in [7, 11) is 1.57. The summed E-state index contributed by atoms with van der Waals surface area (Å²) < 4.78 is 0. The fourth-order valence-electron chi connectivity index (χ4n) is 1.92. The van der Waals surface area contributed by atoms with E-state index in [4.69, 9.17) is 5.84 Å². The van der Waals surface area contributed by atoms with Crippen molar-refractivity contribution < 1.29 is 4.79 Å². The first-order chi connectivity index (χ1) is 9.16. The van der Waals surface area contributed by atoms with Gasteiger partial charge in [-0.05, 0) is 23.1 Å². The van der Waals surface area contributed by atoms with Crippen LogP contribution in [0.1, 0.15) is 12.0 Å². The average molecular weight is 254 g/mol. The molecule has 3 nitrogen and oxygen atoms in total. The topological polar surface area (TPSA) is 46.3 Å². The molecule has 0 unspecified atom stereocenters. The summed E-state index contributed by atoms with van der Waals surface area (Å²) in [5, 5.41) is 1.14. The molecular weight excluding hydrogens is 236 g/mol. The third kappa shape index (κ3) is 3.66. The molecule has 2 N–H and O–H groups in total. The van der Waals surface area contributed by atoms with E-state index < -0.39 is 0 Å². The molecule has 19 heavy (non-hydrogen) atoms. The summed E-state index contributed by atoms with van der Waals surface area (Å²) in [6.07, 6.45) is 1.16. The summed E-state index contributed by atoms with van der Waals surface area (Å²) >= 11 is 0. The highest BCUT2D eigenvalue weighted by atomic mass is 16.2. The second-order valence-electron chi connectivity index (χ2n) is 4.57. The van der Waals surface area contributed by atoms with E-state index in [0.29, 0.717) is 6.42 Å². The number of nitrogens with two attached hydrogens (primary N) is 1. The molecule has 0 heterocycles. The van der Waals surface area contributed by atoms with Gasteiger partial charge in [0.1, 0.15) is 0 Å². The van der Waals surface area contributed by atoms with Crippen molar-refractivity contribution in [2.24, 2.45) is 5.84 Å². The predicted octanol–water partition coefficient (Wildman–Crippen LogP) is 2.62. The standard InChI is InChI=1S/C16H18N2O/c1-18(17)16(19)12-9-13-7-10-15(11-8-13)14-5-3-2-4-6-14/h2-8,10-11H,9,12,17H2,1H3. The quantitative estimate of drug-likeness (QED) is 0.518. The highest BCUT2D eigenvalue weighted by molar-refractivity contribution is 5.75. The Bertz CT molecular complexity index is 532. The van der Waals surface area contributed by atoms with Gasteiger partial charge in [-0.15, -0.1) is 0 Å². The lowest BCUT2D eigenvalue weighted by Crippen LogP contribution is -2.33. The molecule has 0 saturated carbocycles. The lowest BCUT2D eigenvalue weighted by molar-refractivity contribution is -0.130. The van der Waals surface area contributed by atoms with Crippen molar-refractivity contribution >= 4 is 5.91 Å². The van der Waals surface area contributed by atoms with Gasteiger partial charge in [-0.3, -0.25) is 9.80 Å². The molecule has 0 aromatic heterocycles. The SMILES string of the molecule is CN(N)C(=O)CCc1ccc(-c2ccccc2)cc1. The van der Waals surface area contributed by atoms with Gasteiger partial charge in [0, 0.05) is 13.5 Å². The van der Waals surface area contributed by atoms with Gasteiger partial charge >= 0.3 is 0 Å². The van der Waals surface area contributed by atoms with Gasteiger partial charge in [0.15, 0.2) is 0 Å². The van der Waals surface area contributed by atoms with Gasteiger partial charge in [0.25, 0.3) is 0 Å². The Balaban J connectivity index is 2.01. The van der Waals surface area contributed by atoms with Crippen LogP contribution in [-0.2, 0) is 11.2 Å². The zero-order valence-electron chi connectivity index (χ0n) is 11.0. The first-order valence-electron chi connectivity index (χ1n) is 6.32. The van der Waals surface area contributed by atoms with E-state index in [1.165, 1.54) is 11.1 Å². The summed E-state index contributed by atoms with van der Waals surface area (Å²) in [6, 6.07) is 18.5. The second-order valence-corrected chi connectivity index (χ2v) is 4.57. The van der Waals surface area contributed by atoms with E-state index in [0.717, 1.165) is 17.0 Å². The lowest BCUT2D eigenvalue weighted by Gasteiger charge is -2.09. The number of aryl methyl sites for hydroxylation is 1. The number of carbonyl (C=O) groups is 1. The Labute approximate surface area is 113 Å². The summed E-state index contributed by atoms with van der Waals surface area (Å²) in [5.74, 6) is 5.34. The molecule has 2 aromatic rings. The molecule has 0 atom stereocenters. The third-order valence-electron chi connectivity index (χ3n) is 3.08. The van der Waals surface area contributed by atoms with Crippen molar-refractivity contribution in [1.82, 2.24) is 5.01 Å². The largest absolute Gasteiger partial charge is 0.284 e. The molecule has 3 heteroatoms. The molecule has 0 fully saturated rings. The Morgan fingerprint density at radius 2 is 1.58 bits per heavy atom. The Morgan fingerprint density at radius 1 is 1.00 bits per heavy atom. The van der Waals surface area contributed by atoms with E-state index in [9.17, 15) is 4.79 Å². The van der Waals surface area contributed by atoms with Crippen molar-refractivity contribution in [3.8, 4) is 11.1 Å². The van der Waals surface area contributed by atoms with Gasteiger partial charge in [-0.2, -0.15) is 0 Å². The first kappa shape index (κ1) is 13.3. The molecule has 0 aliphatic carbocycles. The average Bonchev–Trinajstić information content (AvgIpc) is 2.46. The number of nitrogens with zero attached hydrogens (tertiary/aromatic N) is 1. The first-order valence-corrected chi connectivity index (χ1v) is 6.32. The maximum absolute atomic E-state index is 11.4. The summed E-state index contributed by atoms with van der Waals surface area (Å²) in [5.41, 5.74) is 3.54. The van der Waals surface area contributed by atoms with Crippen molar-refractivity contribution in [3.63, 3.8) is 0 Å². The van der Waals surface area contributed by atoms with Gasteiger partial charge in [-0.25, -0.2) is 5.84 Å². The van der Waals surface area contributed by atoms with Crippen molar-refractivity contribution in [2.45, 2.75) is 12.8 Å². The van der Waals surface area contributed by atoms with E-state index in [1.807, 2.05) is 18.2 Å². The van der Waals surface area contributed by atoms with Crippen LogP contribution in [0.5, 0.6) is 0 Å². The molecule has 0 saturated heterocycles. The van der Waals surface area contributed by atoms with Crippen LogP contribution in [0.4, 0.5) is 0 Å². The fourth-order valence-corrected chi connectivity index (χ4v) is 1.92. The zero-order valence-corrected chi connectivity index (χ0v) is 11.0. The molecule has 1 amide bonds. The van der Waals surface area contributed by atoms with Crippen molar-refractivity contribution in [1.29, 1.82) is 0 Å². The van der Waals surface area contributed by atoms with Gasteiger partial charge in [-0.1, -0.05) is 54.6 Å². The molecule has 0 aliphatic rings. The normalized spacial score (nSPS) is 10.2. The van der Waals surface area contributed by atoms with E-state index >= 15 is 0 Å². The minimum atomic E-state index is -0.0489. The number of hydrazine groups is 1. The van der Waals surface area contributed by atoms with E-state index in [2.05, 4.69) is 36.4 Å². The van der Waals surface area contributed by atoms with Crippen LogP contribution in [-0.4, -0.2) is 18.0 Å². The molecule has 0 spiro atoms. The molecule has 2 rings (SSSR count). The third-order valence-corrected chi connectivity index (χ3v) is 3.08. The second kappa shape index (κ2) is 6.16. The monoisotopic (exact) mass is 254 g/mol. The molecular formula is C16H18N2O. The van der Waals surface area contributed by atoms with Crippen molar-refractivity contribution in [2.75, 3.05) is 7.05 Å². The van der Waals surface area contributed by atoms with E-state index in [1.54, 1.807) is 7.05 Å². The van der Waals surface area contributed by atoms with Crippen molar-refractivity contribution in [3.05, 3.63) is 60.2 Å². The number of amides is 1. The van der Waals surface area contributed by atoms with Crippen LogP contribution < -0.4 is 5.84 Å². The maximum Gasteiger partial charge on any atom is 0.236 e. The smallest absolute Gasteiger partial charge is 0.236 e. The number of hydrogen-bond donors (Lipinski definition) is 1. The van der Waals surface area contributed by atoms with E-state index in [-0.39, 0.29) is 5.91 Å². The van der Waals surface area contributed by atoms with Crippen LogP contribution in [0.15, 0.2) is 54.6 Å². The van der Waals surface area contributed by atoms with Crippen LogP contribution in [0, 0.1) is 0 Å². The van der Waals surface area contributed by atoms with Crippen LogP contribution in [0.3, 0.4) is 0 Å². The molecule has 2 aromatic carbocycles. The minimum Gasteiger partial charge on any atom is -0.284 e. The predicted molar refractivity (Wildman–Crippen MR) is 77.2 cm³/mol. The number of hydrogen-bond acceptors (Lipinski definition) is 2. The lowest BCUT2D eigenvalue weighted by atomic mass is 10.0. The number of benzene rings is 2. The van der Waals surface area contributed by atoms with Gasteiger partial charge in [0.05, 0.1) is 0 Å². The molecule has 0 aliphatic heterocycles. The molecule has 0 radical (unpaired) electrons. The minimum absolute atomic E-state index is 0.0489. The van der Waals surface area contributed by atoms with Crippen LogP contribution >= 0.6 is 0 Å². The molecule has 98 valence electrons. The zero-order chi connectivity index (χ0) is 13.7. The number of carbonyl (C=O) groups excluding carboxylic acids is 1. The summed E-state index contributed by atoms with van der Waals surface area (Å²) in [6.45, 7) is 0. The van der Waals surface area contributed by atoms with Crippen LogP contribution in [0.25, 0.3) is 11.1 Å². The Morgan fingerprint density at radius 3 is 2.16 bits per heavy atom. The van der Waals surface area contributed by atoms with Gasteiger partial charge < -0.3 is 0 Å². The van der Waals surface area contributed by atoms with Crippen LogP contribution in [0.2, 0.25) is 0 Å². The number of rotatable bonds is 4. The Hall–Kier alpha value is -2.13. The van der Waals surface area contributed by atoms with Gasteiger partial charge in [0.2, 0.25) is 5.91 Å².